The molecule has 1 fully saturated rings. The number of hydrogen-bond donors (Lipinski definition) is 2. The van der Waals surface area contributed by atoms with Crippen molar-refractivity contribution in [3.05, 3.63) is 60.5 Å². The molecule has 156 valence electrons. The zero-order valence-corrected chi connectivity index (χ0v) is 17.4. The van der Waals surface area contributed by atoms with E-state index in [2.05, 4.69) is 20.6 Å². The number of anilines is 1. The molecule has 2 heterocycles. The van der Waals surface area contributed by atoms with Crippen LogP contribution in [0.15, 0.2) is 64.8 Å². The van der Waals surface area contributed by atoms with Crippen LogP contribution in [0.1, 0.15) is 12.8 Å². The van der Waals surface area contributed by atoms with Gasteiger partial charge in [0.1, 0.15) is 23.0 Å². The molecule has 0 aliphatic carbocycles. The van der Waals surface area contributed by atoms with E-state index in [4.69, 9.17) is 9.47 Å². The van der Waals surface area contributed by atoms with Gasteiger partial charge in [-0.3, -0.25) is 0 Å². The minimum absolute atomic E-state index is 0.294. The monoisotopic (exact) mass is 426 g/mol. The average Bonchev–Trinajstić information content (AvgIpc) is 3.27. The Kier molecular flexibility index (Phi) is 6.66. The normalized spacial score (nSPS) is 15.7. The van der Waals surface area contributed by atoms with E-state index in [-0.39, 0.29) is 5.82 Å². The molecule has 1 saturated heterocycles. The number of halogens is 1. The van der Waals surface area contributed by atoms with E-state index < -0.39 is 0 Å². The Hall–Kier alpha value is -2.84. The van der Waals surface area contributed by atoms with Crippen LogP contribution in [-0.2, 0) is 0 Å². The Morgan fingerprint density at radius 1 is 1.20 bits per heavy atom. The lowest BCUT2D eigenvalue weighted by Crippen LogP contribution is -2.29. The van der Waals surface area contributed by atoms with E-state index in [0.29, 0.717) is 28.5 Å². The van der Waals surface area contributed by atoms with Crippen molar-refractivity contribution >= 4 is 17.4 Å². The second-order valence-corrected chi connectivity index (χ2v) is 7.92. The number of methoxy groups -OCH3 is 1. The van der Waals surface area contributed by atoms with Gasteiger partial charge in [-0.05, 0) is 73.6 Å². The fourth-order valence-electron chi connectivity index (χ4n) is 3.15. The summed E-state index contributed by atoms with van der Waals surface area (Å²) in [6.45, 7) is 1.81. The molecular formula is C22H23FN4O2S. The Morgan fingerprint density at radius 2 is 2.03 bits per heavy atom. The lowest BCUT2D eigenvalue weighted by molar-refractivity contribution is 0.412. The summed E-state index contributed by atoms with van der Waals surface area (Å²) in [5, 5.41) is 7.33. The van der Waals surface area contributed by atoms with Crippen molar-refractivity contribution < 1.29 is 13.9 Å². The standard InChI is InChI=1S/C22H23FN4O2S/c1-28-17-7-9-18(10-8-17)29-21-20(25-13-16-5-3-11-24-16)14-26-22(27-21)30-19-6-2-4-15(23)12-19/h2,4,6-10,12,14,16,24-25H,3,5,11,13H2,1H3/t16-/m0/s1. The molecule has 1 aromatic heterocycles. The largest absolute Gasteiger partial charge is 0.497 e. The van der Waals surface area contributed by atoms with Crippen LogP contribution < -0.4 is 20.1 Å². The first kappa shape index (κ1) is 20.4. The molecule has 8 heteroatoms. The smallest absolute Gasteiger partial charge is 0.247 e. The van der Waals surface area contributed by atoms with E-state index >= 15 is 0 Å². The number of rotatable bonds is 8. The van der Waals surface area contributed by atoms with Crippen LogP contribution in [-0.4, -0.2) is 36.2 Å². The van der Waals surface area contributed by atoms with Gasteiger partial charge < -0.3 is 20.1 Å². The topological polar surface area (TPSA) is 68.3 Å². The van der Waals surface area contributed by atoms with Crippen LogP contribution in [0.4, 0.5) is 10.1 Å². The molecule has 3 aromatic rings. The highest BCUT2D eigenvalue weighted by Gasteiger charge is 2.16. The van der Waals surface area contributed by atoms with Gasteiger partial charge in [-0.15, -0.1) is 0 Å². The van der Waals surface area contributed by atoms with Crippen LogP contribution in [0.3, 0.4) is 0 Å². The van der Waals surface area contributed by atoms with Crippen molar-refractivity contribution in [2.45, 2.75) is 28.9 Å². The summed E-state index contributed by atoms with van der Waals surface area (Å²) < 4.78 is 24.8. The molecule has 0 spiro atoms. The molecule has 2 N–H and O–H groups in total. The van der Waals surface area contributed by atoms with Crippen molar-refractivity contribution in [2.24, 2.45) is 0 Å². The van der Waals surface area contributed by atoms with Gasteiger partial charge in [0, 0.05) is 17.5 Å². The van der Waals surface area contributed by atoms with E-state index in [0.717, 1.165) is 30.2 Å². The SMILES string of the molecule is COc1ccc(Oc2nc(Sc3cccc(F)c3)ncc2NC[C@@H]2CCCN2)cc1. The summed E-state index contributed by atoms with van der Waals surface area (Å²) in [6.07, 6.45) is 4.03. The number of ether oxygens (including phenoxy) is 2. The van der Waals surface area contributed by atoms with E-state index in [1.165, 1.54) is 30.3 Å². The van der Waals surface area contributed by atoms with Crippen LogP contribution in [0.2, 0.25) is 0 Å². The van der Waals surface area contributed by atoms with Crippen molar-refractivity contribution in [1.29, 1.82) is 0 Å². The maximum absolute atomic E-state index is 13.5. The number of benzene rings is 2. The van der Waals surface area contributed by atoms with Gasteiger partial charge in [-0.2, -0.15) is 4.98 Å². The first-order valence-electron chi connectivity index (χ1n) is 9.79. The highest BCUT2D eigenvalue weighted by atomic mass is 32.2. The van der Waals surface area contributed by atoms with Gasteiger partial charge in [0.2, 0.25) is 5.88 Å². The lowest BCUT2D eigenvalue weighted by Gasteiger charge is -2.16. The summed E-state index contributed by atoms with van der Waals surface area (Å²) >= 11 is 1.28. The molecular weight excluding hydrogens is 403 g/mol. The summed E-state index contributed by atoms with van der Waals surface area (Å²) in [5.74, 6) is 1.51. The molecule has 30 heavy (non-hydrogen) atoms. The van der Waals surface area contributed by atoms with Crippen molar-refractivity contribution in [3.8, 4) is 17.4 Å². The van der Waals surface area contributed by atoms with Crippen molar-refractivity contribution in [3.63, 3.8) is 0 Å². The zero-order valence-electron chi connectivity index (χ0n) is 16.6. The van der Waals surface area contributed by atoms with Gasteiger partial charge in [-0.1, -0.05) is 6.07 Å². The molecule has 0 bridgehead atoms. The van der Waals surface area contributed by atoms with Crippen LogP contribution in [0.25, 0.3) is 0 Å². The fraction of sp³-hybridized carbons (Fsp3) is 0.273. The third-order valence-corrected chi connectivity index (χ3v) is 5.58. The Bertz CT molecular complexity index is 981. The molecule has 2 aromatic carbocycles. The third kappa shape index (κ3) is 5.40. The van der Waals surface area contributed by atoms with Crippen molar-refractivity contribution in [1.82, 2.24) is 15.3 Å². The second kappa shape index (κ2) is 9.77. The van der Waals surface area contributed by atoms with Crippen LogP contribution in [0, 0.1) is 5.82 Å². The molecule has 0 saturated carbocycles. The summed E-state index contributed by atoms with van der Waals surface area (Å²) in [7, 11) is 1.62. The summed E-state index contributed by atoms with van der Waals surface area (Å²) in [5.41, 5.74) is 0.711. The van der Waals surface area contributed by atoms with Crippen LogP contribution >= 0.6 is 11.8 Å². The maximum Gasteiger partial charge on any atom is 0.247 e. The number of hydrogen-bond acceptors (Lipinski definition) is 7. The quantitative estimate of drug-likeness (QED) is 0.505. The Morgan fingerprint density at radius 3 is 2.77 bits per heavy atom. The predicted octanol–water partition coefficient (Wildman–Crippen LogP) is 4.73. The molecule has 1 aliphatic rings. The maximum atomic E-state index is 13.5. The highest BCUT2D eigenvalue weighted by Crippen LogP contribution is 2.32. The van der Waals surface area contributed by atoms with E-state index in [1.807, 2.05) is 30.3 Å². The second-order valence-electron chi connectivity index (χ2n) is 6.88. The lowest BCUT2D eigenvalue weighted by atomic mass is 10.2. The fourth-order valence-corrected chi connectivity index (χ4v) is 3.92. The first-order valence-corrected chi connectivity index (χ1v) is 10.6. The summed E-state index contributed by atoms with van der Waals surface area (Å²) in [4.78, 5) is 9.72. The van der Waals surface area contributed by atoms with Gasteiger partial charge in [0.15, 0.2) is 5.16 Å². The third-order valence-electron chi connectivity index (χ3n) is 4.71. The van der Waals surface area contributed by atoms with Gasteiger partial charge in [0.05, 0.1) is 13.3 Å². The predicted molar refractivity (Wildman–Crippen MR) is 115 cm³/mol. The summed E-state index contributed by atoms with van der Waals surface area (Å²) in [6, 6.07) is 14.1. The van der Waals surface area contributed by atoms with Crippen molar-refractivity contribution in [2.75, 3.05) is 25.5 Å². The Balaban J connectivity index is 1.55. The van der Waals surface area contributed by atoms with Gasteiger partial charge >= 0.3 is 0 Å². The minimum atomic E-state index is -0.294. The molecule has 6 nitrogen and oxygen atoms in total. The van der Waals surface area contributed by atoms with E-state index in [1.54, 1.807) is 19.4 Å². The molecule has 0 amide bonds. The van der Waals surface area contributed by atoms with E-state index in [9.17, 15) is 4.39 Å². The minimum Gasteiger partial charge on any atom is -0.497 e. The molecule has 1 aliphatic heterocycles. The number of aromatic nitrogens is 2. The molecule has 0 unspecified atom stereocenters. The van der Waals surface area contributed by atoms with Crippen LogP contribution in [0.5, 0.6) is 17.4 Å². The van der Waals surface area contributed by atoms with Gasteiger partial charge in [-0.25, -0.2) is 9.37 Å². The molecule has 0 radical (unpaired) electrons. The average molecular weight is 427 g/mol. The molecule has 4 rings (SSSR count). The van der Waals surface area contributed by atoms with Gasteiger partial charge in [0.25, 0.3) is 0 Å². The Labute approximate surface area is 179 Å². The number of nitrogens with zero attached hydrogens (tertiary/aromatic N) is 2. The number of nitrogens with one attached hydrogen (secondary N) is 2. The molecule has 1 atom stereocenters. The first-order chi connectivity index (χ1) is 14.7. The highest BCUT2D eigenvalue weighted by molar-refractivity contribution is 7.99. The zero-order chi connectivity index (χ0) is 20.8.